The fourth-order valence-corrected chi connectivity index (χ4v) is 8.30. The van der Waals surface area contributed by atoms with Crippen LogP contribution in [-0.4, -0.2) is 88.2 Å². The third-order valence-electron chi connectivity index (χ3n) is 11.2. The summed E-state index contributed by atoms with van der Waals surface area (Å²) in [6.07, 6.45) is 7.80. The molecule has 0 spiro atoms. The first-order chi connectivity index (χ1) is 26.6. The average Bonchev–Trinajstić information content (AvgIpc) is 4.02. The number of likely N-dealkylation sites (tertiary alicyclic amines) is 1. The summed E-state index contributed by atoms with van der Waals surface area (Å²) in [5, 5.41) is 8.32. The predicted molar refractivity (Wildman–Crippen MR) is 206 cm³/mol. The topological polar surface area (TPSA) is 183 Å². The van der Waals surface area contributed by atoms with Crippen LogP contribution in [0.5, 0.6) is 0 Å². The van der Waals surface area contributed by atoms with E-state index in [1.807, 2.05) is 20.0 Å². The number of fused-ring (bicyclic) bond motifs is 3. The zero-order chi connectivity index (χ0) is 38.6. The Balaban J connectivity index is 1.03. The normalized spacial score (nSPS) is 19.6. The lowest BCUT2D eigenvalue weighted by Gasteiger charge is -2.25. The van der Waals surface area contributed by atoms with Gasteiger partial charge < -0.3 is 40.3 Å². The lowest BCUT2D eigenvalue weighted by Crippen LogP contribution is -2.52. The number of carbonyl (C=O) groups excluding carboxylic acids is 4. The van der Waals surface area contributed by atoms with Gasteiger partial charge in [0.25, 0.3) is 0 Å². The third-order valence-corrected chi connectivity index (χ3v) is 11.2. The van der Waals surface area contributed by atoms with Gasteiger partial charge in [0.2, 0.25) is 11.8 Å². The van der Waals surface area contributed by atoms with Crippen LogP contribution in [0.25, 0.3) is 33.6 Å². The summed E-state index contributed by atoms with van der Waals surface area (Å²) in [5.41, 5.74) is 8.58. The highest BCUT2D eigenvalue weighted by atomic mass is 16.5. The quantitative estimate of drug-likeness (QED) is 0.135. The van der Waals surface area contributed by atoms with Gasteiger partial charge in [0.1, 0.15) is 24.2 Å². The number of H-pyrrole nitrogens is 2. The number of benzene rings is 2. The van der Waals surface area contributed by atoms with Crippen molar-refractivity contribution in [1.29, 1.82) is 0 Å². The predicted octanol–water partition coefficient (Wildman–Crippen LogP) is 5.77. The zero-order valence-corrected chi connectivity index (χ0v) is 31.9. The van der Waals surface area contributed by atoms with Gasteiger partial charge in [-0.3, -0.25) is 9.59 Å². The van der Waals surface area contributed by atoms with Crippen molar-refractivity contribution in [3.05, 3.63) is 71.6 Å². The van der Waals surface area contributed by atoms with Crippen molar-refractivity contribution in [2.45, 2.75) is 89.3 Å². The first-order valence-corrected chi connectivity index (χ1v) is 19.3. The Bertz CT molecular complexity index is 2040. The Morgan fingerprint density at radius 3 is 2.40 bits per heavy atom. The summed E-state index contributed by atoms with van der Waals surface area (Å²) < 4.78 is 9.34. The Morgan fingerprint density at radius 1 is 0.873 bits per heavy atom. The molecule has 0 bridgehead atoms. The van der Waals surface area contributed by atoms with Crippen molar-refractivity contribution in [1.82, 2.24) is 40.8 Å². The molecule has 1 saturated carbocycles. The lowest BCUT2D eigenvalue weighted by molar-refractivity contribution is -0.131. The van der Waals surface area contributed by atoms with Crippen LogP contribution in [0.2, 0.25) is 0 Å². The molecule has 2 unspecified atom stereocenters. The van der Waals surface area contributed by atoms with Crippen LogP contribution in [0.3, 0.4) is 0 Å². The molecule has 55 heavy (non-hydrogen) atoms. The number of aromatic amines is 2. The number of methoxy groups -OCH3 is 2. The molecule has 4 amide bonds. The van der Waals surface area contributed by atoms with Crippen LogP contribution in [0, 0.1) is 5.92 Å². The smallest absolute Gasteiger partial charge is 0.407 e. The molecule has 14 nitrogen and oxygen atoms in total. The minimum absolute atomic E-state index is 0.0449. The molecule has 4 aromatic rings. The number of hydrogen-bond acceptors (Lipinski definition) is 8. The fourth-order valence-electron chi connectivity index (χ4n) is 8.30. The van der Waals surface area contributed by atoms with Crippen LogP contribution < -0.4 is 16.0 Å². The molecule has 2 aromatic carbocycles. The summed E-state index contributed by atoms with van der Waals surface area (Å²) in [4.78, 5) is 68.3. The molecule has 3 heterocycles. The number of nitrogens with one attached hydrogen (secondary N) is 5. The van der Waals surface area contributed by atoms with Gasteiger partial charge in [0.05, 0.1) is 37.8 Å². The van der Waals surface area contributed by atoms with Crippen LogP contribution in [-0.2, 0) is 31.9 Å². The summed E-state index contributed by atoms with van der Waals surface area (Å²) in [7, 11) is 2.57. The maximum absolute atomic E-state index is 13.2. The van der Waals surface area contributed by atoms with E-state index >= 15 is 0 Å². The van der Waals surface area contributed by atoms with E-state index in [-0.39, 0.29) is 42.3 Å². The molecule has 1 saturated heterocycles. The number of hydrogen-bond donors (Lipinski definition) is 5. The number of rotatable bonds is 10. The van der Waals surface area contributed by atoms with Gasteiger partial charge in [0, 0.05) is 29.8 Å². The van der Waals surface area contributed by atoms with Crippen molar-refractivity contribution in [3.63, 3.8) is 0 Å². The molecule has 2 aromatic heterocycles. The summed E-state index contributed by atoms with van der Waals surface area (Å²) in [6, 6.07) is 14.1. The molecule has 7 rings (SSSR count). The minimum Gasteiger partial charge on any atom is -0.453 e. The summed E-state index contributed by atoms with van der Waals surface area (Å²) >= 11 is 0. The van der Waals surface area contributed by atoms with Crippen molar-refractivity contribution in [2.75, 3.05) is 27.3 Å². The van der Waals surface area contributed by atoms with E-state index in [0.29, 0.717) is 6.54 Å². The third kappa shape index (κ3) is 8.08. The van der Waals surface area contributed by atoms with Crippen LogP contribution in [0.15, 0.2) is 48.7 Å². The van der Waals surface area contributed by atoms with Crippen LogP contribution >= 0.6 is 0 Å². The number of amides is 4. The zero-order valence-electron chi connectivity index (χ0n) is 31.9. The molecule has 0 radical (unpaired) electrons. The highest BCUT2D eigenvalue weighted by Crippen LogP contribution is 2.38. The number of carbonyl (C=O) groups is 4. The van der Waals surface area contributed by atoms with E-state index in [2.05, 4.69) is 73.1 Å². The van der Waals surface area contributed by atoms with Crippen LogP contribution in [0.4, 0.5) is 9.59 Å². The van der Waals surface area contributed by atoms with E-state index in [0.717, 1.165) is 102 Å². The Labute approximate surface area is 320 Å². The molecule has 5 N–H and O–H groups in total. The van der Waals surface area contributed by atoms with Gasteiger partial charge in [-0.25, -0.2) is 19.6 Å². The Morgan fingerprint density at radius 2 is 1.64 bits per heavy atom. The number of aromatic nitrogens is 4. The van der Waals surface area contributed by atoms with E-state index < -0.39 is 18.2 Å². The number of nitrogens with zero attached hydrogens (tertiary/aromatic N) is 3. The van der Waals surface area contributed by atoms with E-state index in [4.69, 9.17) is 14.7 Å². The van der Waals surface area contributed by atoms with Crippen LogP contribution in [0.1, 0.15) is 87.2 Å². The van der Waals surface area contributed by atoms with Gasteiger partial charge in [0.15, 0.2) is 0 Å². The Hall–Kier alpha value is -5.66. The second-order valence-corrected chi connectivity index (χ2v) is 15.0. The number of imidazole rings is 2. The van der Waals surface area contributed by atoms with Gasteiger partial charge in [-0.2, -0.15) is 0 Å². The standard InChI is InChI=1S/C41H50N8O6/c1-23(2)35(48-41(53)55-4)39(51)46-30-10-6-9-29(30)37-42-21-32(45-37)25-15-13-24(14-16-25)26-17-18-28-27(20-26)8-5-11-31-36(28)47-38(44-31)33-12-7-19-49(33)34(50)22-43-40(52)54-3/h13-18,20-21,23,29-30,33,35H,5-12,19,22H2,1-4H3,(H,42,45)(H,43,52)(H,44,47)(H,46,51)(H,48,53)/t29?,30?,33-,35-/m0/s1. The second-order valence-electron chi connectivity index (χ2n) is 15.0. The van der Waals surface area contributed by atoms with Crippen molar-refractivity contribution >= 4 is 24.0 Å². The number of ether oxygens (including phenoxy) is 2. The molecule has 14 heteroatoms. The number of alkyl carbamates (subject to hydrolysis) is 2. The maximum atomic E-state index is 13.2. The second kappa shape index (κ2) is 16.4. The summed E-state index contributed by atoms with van der Waals surface area (Å²) in [5.74, 6) is 1.22. The number of aryl methyl sites for hydroxylation is 2. The average molecular weight is 751 g/mol. The van der Waals surface area contributed by atoms with E-state index in [9.17, 15) is 19.2 Å². The largest absolute Gasteiger partial charge is 0.453 e. The van der Waals surface area contributed by atoms with E-state index in [1.54, 1.807) is 4.90 Å². The summed E-state index contributed by atoms with van der Waals surface area (Å²) in [6.45, 7) is 4.29. The molecule has 4 atom stereocenters. The minimum atomic E-state index is -0.689. The molecular formula is C41H50N8O6. The molecular weight excluding hydrogens is 701 g/mol. The first-order valence-electron chi connectivity index (χ1n) is 19.3. The fraction of sp³-hybridized carbons (Fsp3) is 0.463. The van der Waals surface area contributed by atoms with Gasteiger partial charge in [-0.15, -0.1) is 0 Å². The lowest BCUT2D eigenvalue weighted by atomic mass is 9.95. The SMILES string of the molecule is COC(=O)NCC(=O)N1CCC[C@H]1c1nc2c([nH]1)CCCc1cc(-c3ccc(-c4cnc(C5CCCC5NC(=O)[C@@H](NC(=O)OC)C(C)C)[nH]4)cc3)ccc1-2. The highest BCUT2D eigenvalue weighted by Gasteiger charge is 2.36. The van der Waals surface area contributed by atoms with E-state index in [1.165, 1.54) is 19.8 Å². The maximum Gasteiger partial charge on any atom is 0.407 e. The molecule has 2 fully saturated rings. The highest BCUT2D eigenvalue weighted by molar-refractivity contribution is 5.86. The molecule has 1 aliphatic heterocycles. The van der Waals surface area contributed by atoms with Gasteiger partial charge in [-0.1, -0.05) is 62.7 Å². The molecule has 2 aliphatic carbocycles. The monoisotopic (exact) mass is 750 g/mol. The van der Waals surface area contributed by atoms with Gasteiger partial charge in [-0.05, 0) is 73.1 Å². The molecule has 290 valence electrons. The van der Waals surface area contributed by atoms with Crippen molar-refractivity contribution < 1.29 is 28.7 Å². The van der Waals surface area contributed by atoms with Gasteiger partial charge >= 0.3 is 12.2 Å². The molecule has 3 aliphatic rings. The Kier molecular flexibility index (Phi) is 11.2. The van der Waals surface area contributed by atoms with Crippen molar-refractivity contribution in [3.8, 4) is 33.6 Å². The van der Waals surface area contributed by atoms with Crippen molar-refractivity contribution in [2.24, 2.45) is 5.92 Å². The first kappa shape index (κ1) is 37.6.